The number of hydrogen-bond donors (Lipinski definition) is 2. The Morgan fingerprint density at radius 1 is 1.41 bits per heavy atom. The molecule has 0 saturated carbocycles. The largest absolute Gasteiger partial charge is 0.505 e. The number of hydrogen-bond acceptors (Lipinski definition) is 4. The summed E-state index contributed by atoms with van der Waals surface area (Å²) in [4.78, 5) is 0. The molecular formula is C12H16FNO3. The maximum atomic E-state index is 13.0. The second-order valence-electron chi connectivity index (χ2n) is 3.98. The van der Waals surface area contributed by atoms with Crippen molar-refractivity contribution < 1.29 is 19.0 Å². The van der Waals surface area contributed by atoms with Gasteiger partial charge in [0.25, 0.3) is 0 Å². The fourth-order valence-corrected chi connectivity index (χ4v) is 1.69. The van der Waals surface area contributed by atoms with Crippen molar-refractivity contribution in [3.05, 3.63) is 29.6 Å². The van der Waals surface area contributed by atoms with E-state index in [1.165, 1.54) is 12.1 Å². The van der Waals surface area contributed by atoms with E-state index in [1.807, 2.05) is 0 Å². The first-order valence-corrected chi connectivity index (χ1v) is 5.63. The Bertz CT molecular complexity index is 367. The maximum absolute atomic E-state index is 13.0. The molecule has 0 bridgehead atoms. The van der Waals surface area contributed by atoms with Crippen LogP contribution in [0.5, 0.6) is 5.75 Å². The van der Waals surface area contributed by atoms with Gasteiger partial charge in [0.05, 0.1) is 25.9 Å². The number of aromatic hydroxyl groups is 1. The minimum absolute atomic E-state index is 0.0608. The highest BCUT2D eigenvalue weighted by Gasteiger charge is 2.13. The molecule has 1 aliphatic heterocycles. The van der Waals surface area contributed by atoms with Crippen LogP contribution in [0.1, 0.15) is 5.56 Å². The number of benzene rings is 1. The molecule has 4 nitrogen and oxygen atoms in total. The minimum atomic E-state index is -0.596. The summed E-state index contributed by atoms with van der Waals surface area (Å²) in [6, 6.07) is 4.36. The highest BCUT2D eigenvalue weighted by molar-refractivity contribution is 5.27. The Morgan fingerprint density at radius 2 is 2.29 bits per heavy atom. The van der Waals surface area contributed by atoms with Crippen molar-refractivity contribution in [2.75, 3.05) is 26.4 Å². The van der Waals surface area contributed by atoms with Crippen molar-refractivity contribution in [3.8, 4) is 5.75 Å². The lowest BCUT2D eigenvalue weighted by atomic mass is 10.2. The van der Waals surface area contributed by atoms with Gasteiger partial charge in [0, 0.05) is 13.1 Å². The molecule has 0 spiro atoms. The number of nitrogens with one attached hydrogen (secondary N) is 1. The molecule has 2 N–H and O–H groups in total. The van der Waals surface area contributed by atoms with Crippen LogP contribution in [0.3, 0.4) is 0 Å². The molecule has 94 valence electrons. The van der Waals surface area contributed by atoms with Crippen molar-refractivity contribution in [1.82, 2.24) is 5.32 Å². The van der Waals surface area contributed by atoms with Crippen LogP contribution in [0, 0.1) is 5.82 Å². The summed E-state index contributed by atoms with van der Waals surface area (Å²) in [5, 5.41) is 12.2. The number of phenols is 1. The highest BCUT2D eigenvalue weighted by Crippen LogP contribution is 2.15. The molecule has 17 heavy (non-hydrogen) atoms. The van der Waals surface area contributed by atoms with Crippen molar-refractivity contribution in [3.63, 3.8) is 0 Å². The normalized spacial score (nSPS) is 20.4. The summed E-state index contributed by atoms with van der Waals surface area (Å²) in [6.45, 7) is 3.08. The summed E-state index contributed by atoms with van der Waals surface area (Å²) in [7, 11) is 0. The zero-order valence-corrected chi connectivity index (χ0v) is 9.49. The number of ether oxygens (including phenoxy) is 2. The Balaban J connectivity index is 1.75. The van der Waals surface area contributed by atoms with Gasteiger partial charge in [-0.2, -0.15) is 0 Å². The van der Waals surface area contributed by atoms with Crippen LogP contribution in [0.4, 0.5) is 4.39 Å². The average molecular weight is 241 g/mol. The van der Waals surface area contributed by atoms with Crippen LogP contribution in [0.2, 0.25) is 0 Å². The third kappa shape index (κ3) is 3.66. The molecule has 2 rings (SSSR count). The van der Waals surface area contributed by atoms with Crippen molar-refractivity contribution in [2.45, 2.75) is 12.6 Å². The van der Waals surface area contributed by atoms with Crippen molar-refractivity contribution in [1.29, 1.82) is 0 Å². The Kier molecular flexibility index (Phi) is 4.30. The Labute approximate surface area is 99.4 Å². The van der Waals surface area contributed by atoms with E-state index >= 15 is 0 Å². The van der Waals surface area contributed by atoms with E-state index in [0.29, 0.717) is 32.9 Å². The SMILES string of the molecule is Oc1ccc(CNCC2COCCO2)cc1F. The molecule has 1 atom stereocenters. The number of halogens is 1. The third-order valence-electron chi connectivity index (χ3n) is 2.60. The van der Waals surface area contributed by atoms with Crippen molar-refractivity contribution in [2.24, 2.45) is 0 Å². The van der Waals surface area contributed by atoms with Gasteiger partial charge >= 0.3 is 0 Å². The topological polar surface area (TPSA) is 50.7 Å². The lowest BCUT2D eigenvalue weighted by Crippen LogP contribution is -2.37. The van der Waals surface area contributed by atoms with Crippen LogP contribution in [0.25, 0.3) is 0 Å². The molecule has 1 heterocycles. The summed E-state index contributed by atoms with van der Waals surface area (Å²) in [5.74, 6) is -0.917. The van der Waals surface area contributed by atoms with Gasteiger partial charge in [-0.25, -0.2) is 4.39 Å². The average Bonchev–Trinajstić information content (AvgIpc) is 2.35. The van der Waals surface area contributed by atoms with E-state index in [-0.39, 0.29) is 11.9 Å². The van der Waals surface area contributed by atoms with Gasteiger partial charge in [0.1, 0.15) is 0 Å². The van der Waals surface area contributed by atoms with Crippen LogP contribution in [-0.4, -0.2) is 37.6 Å². The monoisotopic (exact) mass is 241 g/mol. The van der Waals surface area contributed by atoms with Crippen LogP contribution >= 0.6 is 0 Å². The Morgan fingerprint density at radius 3 is 3.00 bits per heavy atom. The second-order valence-corrected chi connectivity index (χ2v) is 3.98. The van der Waals surface area contributed by atoms with Crippen molar-refractivity contribution >= 4 is 0 Å². The van der Waals surface area contributed by atoms with Gasteiger partial charge < -0.3 is 19.9 Å². The molecule has 0 aromatic heterocycles. The molecule has 1 fully saturated rings. The predicted octanol–water partition coefficient (Wildman–Crippen LogP) is 1.04. The smallest absolute Gasteiger partial charge is 0.165 e. The second kappa shape index (κ2) is 5.95. The quantitative estimate of drug-likeness (QED) is 0.827. The lowest BCUT2D eigenvalue weighted by molar-refractivity contribution is -0.0864. The van der Waals surface area contributed by atoms with E-state index < -0.39 is 5.82 Å². The van der Waals surface area contributed by atoms with Gasteiger partial charge in [-0.05, 0) is 17.7 Å². The summed E-state index contributed by atoms with van der Waals surface area (Å²) >= 11 is 0. The predicted molar refractivity (Wildman–Crippen MR) is 60.3 cm³/mol. The van der Waals surface area contributed by atoms with E-state index in [0.717, 1.165) is 5.56 Å². The maximum Gasteiger partial charge on any atom is 0.165 e. The molecule has 1 saturated heterocycles. The first-order chi connectivity index (χ1) is 8.25. The van der Waals surface area contributed by atoms with E-state index in [2.05, 4.69) is 5.32 Å². The lowest BCUT2D eigenvalue weighted by Gasteiger charge is -2.23. The summed E-state index contributed by atoms with van der Waals surface area (Å²) < 4.78 is 23.8. The minimum Gasteiger partial charge on any atom is -0.505 e. The summed E-state index contributed by atoms with van der Waals surface area (Å²) in [5.41, 5.74) is 0.789. The molecule has 0 amide bonds. The first-order valence-electron chi connectivity index (χ1n) is 5.63. The van der Waals surface area contributed by atoms with Gasteiger partial charge in [0.2, 0.25) is 0 Å². The fourth-order valence-electron chi connectivity index (χ4n) is 1.69. The summed E-state index contributed by atoms with van der Waals surface area (Å²) in [6.07, 6.45) is 0.0608. The molecule has 5 heteroatoms. The molecule has 0 aliphatic carbocycles. The van der Waals surface area contributed by atoms with E-state index in [4.69, 9.17) is 14.6 Å². The number of phenolic OH excluding ortho intramolecular Hbond substituents is 1. The van der Waals surface area contributed by atoms with E-state index in [9.17, 15) is 4.39 Å². The number of rotatable bonds is 4. The standard InChI is InChI=1S/C12H16FNO3/c13-11-5-9(1-2-12(11)15)6-14-7-10-8-16-3-4-17-10/h1-2,5,10,14-15H,3-4,6-8H2. The zero-order valence-electron chi connectivity index (χ0n) is 9.49. The first kappa shape index (κ1) is 12.3. The van der Waals surface area contributed by atoms with Gasteiger partial charge in [-0.1, -0.05) is 6.07 Å². The van der Waals surface area contributed by atoms with Crippen LogP contribution in [0.15, 0.2) is 18.2 Å². The van der Waals surface area contributed by atoms with Gasteiger partial charge in [-0.15, -0.1) is 0 Å². The Hall–Kier alpha value is -1.17. The third-order valence-corrected chi connectivity index (χ3v) is 2.60. The van der Waals surface area contributed by atoms with Gasteiger partial charge in [-0.3, -0.25) is 0 Å². The molecule has 1 aromatic carbocycles. The molecule has 1 aromatic rings. The van der Waals surface area contributed by atoms with Crippen LogP contribution < -0.4 is 5.32 Å². The molecule has 1 unspecified atom stereocenters. The zero-order chi connectivity index (χ0) is 12.1. The highest BCUT2D eigenvalue weighted by atomic mass is 19.1. The fraction of sp³-hybridized carbons (Fsp3) is 0.500. The van der Waals surface area contributed by atoms with Crippen LogP contribution in [-0.2, 0) is 16.0 Å². The molecule has 0 radical (unpaired) electrons. The van der Waals surface area contributed by atoms with E-state index in [1.54, 1.807) is 6.07 Å². The molecule has 1 aliphatic rings. The van der Waals surface area contributed by atoms with Gasteiger partial charge in [0.15, 0.2) is 11.6 Å². The molecular weight excluding hydrogens is 225 g/mol.